The average molecular weight is 266 g/mol. The topological polar surface area (TPSA) is 20.2 Å². The van der Waals surface area contributed by atoms with Crippen LogP contribution < -0.4 is 0 Å². The first-order chi connectivity index (χ1) is 8.70. The van der Waals surface area contributed by atoms with E-state index in [0.29, 0.717) is 5.75 Å². The number of unbranched alkanes of at least 4 members (excludes halogenated alkanes) is 5. The van der Waals surface area contributed by atoms with Gasteiger partial charge in [0.1, 0.15) is 5.75 Å². The highest BCUT2D eigenvalue weighted by atomic mass is 32.2. The smallest absolute Gasteiger partial charge is 0.119 e. The van der Waals surface area contributed by atoms with Crippen molar-refractivity contribution in [3.05, 3.63) is 23.3 Å². The molecule has 0 atom stereocenters. The Balaban J connectivity index is 2.45. The Labute approximate surface area is 116 Å². The maximum atomic E-state index is 9.71. The summed E-state index contributed by atoms with van der Waals surface area (Å²) in [5.74, 6) is 0.422. The van der Waals surface area contributed by atoms with Crippen LogP contribution in [0, 0.1) is 6.92 Å². The van der Waals surface area contributed by atoms with E-state index in [1.54, 1.807) is 11.8 Å². The van der Waals surface area contributed by atoms with E-state index < -0.39 is 0 Å². The molecule has 0 radical (unpaired) electrons. The summed E-state index contributed by atoms with van der Waals surface area (Å²) >= 11 is 1.75. The van der Waals surface area contributed by atoms with Crippen LogP contribution in [0.5, 0.6) is 5.75 Å². The van der Waals surface area contributed by atoms with Crippen LogP contribution in [0.3, 0.4) is 0 Å². The summed E-state index contributed by atoms with van der Waals surface area (Å²) in [6.07, 6.45) is 11.2. The minimum absolute atomic E-state index is 0.422. The maximum Gasteiger partial charge on any atom is 0.119 e. The second-order valence-electron chi connectivity index (χ2n) is 4.92. The Kier molecular flexibility index (Phi) is 7.26. The van der Waals surface area contributed by atoms with Crippen molar-refractivity contribution < 1.29 is 5.11 Å². The van der Waals surface area contributed by atoms with Crippen molar-refractivity contribution in [1.29, 1.82) is 0 Å². The van der Waals surface area contributed by atoms with Gasteiger partial charge in [-0.3, -0.25) is 0 Å². The summed E-state index contributed by atoms with van der Waals surface area (Å²) in [7, 11) is 0. The Morgan fingerprint density at radius 3 is 2.39 bits per heavy atom. The first-order valence-electron chi connectivity index (χ1n) is 7.06. The number of aromatic hydroxyl groups is 1. The maximum absolute atomic E-state index is 9.71. The van der Waals surface area contributed by atoms with Gasteiger partial charge < -0.3 is 5.11 Å². The number of phenols is 1. The van der Waals surface area contributed by atoms with Crippen molar-refractivity contribution in [3.8, 4) is 5.75 Å². The lowest BCUT2D eigenvalue weighted by Crippen LogP contribution is -1.92. The molecule has 0 fully saturated rings. The van der Waals surface area contributed by atoms with Crippen molar-refractivity contribution >= 4 is 11.8 Å². The molecule has 1 nitrogen and oxygen atoms in total. The van der Waals surface area contributed by atoms with E-state index in [2.05, 4.69) is 19.2 Å². The Morgan fingerprint density at radius 2 is 1.72 bits per heavy atom. The molecule has 0 heterocycles. The summed E-state index contributed by atoms with van der Waals surface area (Å²) in [5.41, 5.74) is 2.43. The van der Waals surface area contributed by atoms with Crippen LogP contribution in [0.4, 0.5) is 0 Å². The Hall–Kier alpha value is -0.630. The zero-order chi connectivity index (χ0) is 13.4. The lowest BCUT2D eigenvalue weighted by molar-refractivity contribution is 0.468. The summed E-state index contributed by atoms with van der Waals surface area (Å²) < 4.78 is 0. The molecule has 0 saturated carbocycles. The van der Waals surface area contributed by atoms with Crippen molar-refractivity contribution in [2.45, 2.75) is 63.7 Å². The summed E-state index contributed by atoms with van der Waals surface area (Å²) in [6.45, 7) is 4.26. The van der Waals surface area contributed by atoms with Gasteiger partial charge in [-0.25, -0.2) is 0 Å². The highest BCUT2D eigenvalue weighted by Gasteiger charge is 2.08. The molecule has 0 unspecified atom stereocenters. The zero-order valence-corrected chi connectivity index (χ0v) is 12.8. The van der Waals surface area contributed by atoms with E-state index in [1.165, 1.54) is 49.0 Å². The van der Waals surface area contributed by atoms with Crippen molar-refractivity contribution in [2.24, 2.45) is 0 Å². The Morgan fingerprint density at radius 1 is 1.06 bits per heavy atom. The third-order valence-electron chi connectivity index (χ3n) is 3.46. The summed E-state index contributed by atoms with van der Waals surface area (Å²) in [4.78, 5) is 1.27. The average Bonchev–Trinajstić information content (AvgIpc) is 2.38. The molecule has 1 N–H and O–H groups in total. The highest BCUT2D eigenvalue weighted by Crippen LogP contribution is 2.31. The molecule has 1 rings (SSSR count). The van der Waals surface area contributed by atoms with E-state index in [-0.39, 0.29) is 0 Å². The fourth-order valence-electron chi connectivity index (χ4n) is 2.31. The van der Waals surface area contributed by atoms with Crippen molar-refractivity contribution in [1.82, 2.24) is 0 Å². The van der Waals surface area contributed by atoms with Crippen LogP contribution in [0.15, 0.2) is 17.0 Å². The molecule has 1 aromatic rings. The fourth-order valence-corrected chi connectivity index (χ4v) is 3.16. The van der Waals surface area contributed by atoms with Crippen molar-refractivity contribution in [2.75, 3.05) is 6.26 Å². The number of hydrogen-bond donors (Lipinski definition) is 1. The number of phenolic OH excluding ortho intramolecular Hbond substituents is 1. The summed E-state index contributed by atoms with van der Waals surface area (Å²) in [6, 6.07) is 3.92. The normalized spacial score (nSPS) is 10.8. The van der Waals surface area contributed by atoms with E-state index in [9.17, 15) is 5.11 Å². The largest absolute Gasteiger partial charge is 0.508 e. The lowest BCUT2D eigenvalue weighted by atomic mass is 10.0. The van der Waals surface area contributed by atoms with Gasteiger partial charge in [0.15, 0.2) is 0 Å². The number of hydrogen-bond acceptors (Lipinski definition) is 2. The predicted molar refractivity (Wildman–Crippen MR) is 81.7 cm³/mol. The van der Waals surface area contributed by atoms with Gasteiger partial charge in [0, 0.05) is 10.5 Å². The Bertz CT molecular complexity index is 360. The molecule has 0 saturated heterocycles. The molecule has 0 aromatic heterocycles. The predicted octanol–water partition coefficient (Wildman–Crippen LogP) is 5.33. The van der Waals surface area contributed by atoms with Gasteiger partial charge in [0.05, 0.1) is 0 Å². The molecular formula is C16H26OS. The standard InChI is InChI=1S/C16H26OS/c1-4-5-6-7-8-9-10-14-11-12-15(17)13(2)16(14)18-3/h11-12,17H,4-10H2,1-3H3. The molecule has 2 heteroatoms. The van der Waals surface area contributed by atoms with Gasteiger partial charge in [-0.15, -0.1) is 11.8 Å². The second kappa shape index (κ2) is 8.47. The van der Waals surface area contributed by atoms with Gasteiger partial charge >= 0.3 is 0 Å². The van der Waals surface area contributed by atoms with Crippen molar-refractivity contribution in [3.63, 3.8) is 0 Å². The van der Waals surface area contributed by atoms with Gasteiger partial charge in [-0.1, -0.05) is 45.1 Å². The molecule has 0 amide bonds. The monoisotopic (exact) mass is 266 g/mol. The summed E-state index contributed by atoms with van der Waals surface area (Å²) in [5, 5.41) is 9.71. The van der Waals surface area contributed by atoms with E-state index >= 15 is 0 Å². The highest BCUT2D eigenvalue weighted by molar-refractivity contribution is 7.98. The second-order valence-corrected chi connectivity index (χ2v) is 5.74. The number of rotatable bonds is 8. The number of thioether (sulfide) groups is 1. The molecule has 18 heavy (non-hydrogen) atoms. The first kappa shape index (κ1) is 15.4. The molecule has 102 valence electrons. The molecule has 0 bridgehead atoms. The van der Waals surface area contributed by atoms with Crippen LogP contribution in [0.1, 0.15) is 56.6 Å². The molecular weight excluding hydrogens is 240 g/mol. The van der Waals surface area contributed by atoms with Gasteiger partial charge in [0.2, 0.25) is 0 Å². The van der Waals surface area contributed by atoms with Gasteiger partial charge in [-0.05, 0) is 37.7 Å². The van der Waals surface area contributed by atoms with Gasteiger partial charge in [-0.2, -0.15) is 0 Å². The SMILES string of the molecule is CCCCCCCCc1ccc(O)c(C)c1SC. The van der Waals surface area contributed by atoms with E-state index in [1.807, 2.05) is 13.0 Å². The van der Waals surface area contributed by atoms with E-state index in [0.717, 1.165) is 12.0 Å². The quantitative estimate of drug-likeness (QED) is 0.507. The molecule has 0 aliphatic carbocycles. The molecule has 0 aliphatic heterocycles. The van der Waals surface area contributed by atoms with Crippen LogP contribution in [0.25, 0.3) is 0 Å². The fraction of sp³-hybridized carbons (Fsp3) is 0.625. The third kappa shape index (κ3) is 4.56. The van der Waals surface area contributed by atoms with Gasteiger partial charge in [0.25, 0.3) is 0 Å². The minimum atomic E-state index is 0.422. The van der Waals surface area contributed by atoms with Crippen LogP contribution >= 0.6 is 11.8 Å². The van der Waals surface area contributed by atoms with Crippen LogP contribution in [-0.4, -0.2) is 11.4 Å². The van der Waals surface area contributed by atoms with Crippen LogP contribution in [0.2, 0.25) is 0 Å². The van der Waals surface area contributed by atoms with E-state index in [4.69, 9.17) is 0 Å². The molecule has 0 spiro atoms. The third-order valence-corrected chi connectivity index (χ3v) is 4.44. The lowest BCUT2D eigenvalue weighted by Gasteiger charge is -2.11. The molecule has 0 aliphatic rings. The molecule has 1 aromatic carbocycles. The minimum Gasteiger partial charge on any atom is -0.508 e. The first-order valence-corrected chi connectivity index (χ1v) is 8.28. The number of benzene rings is 1. The van der Waals surface area contributed by atoms with Crippen LogP contribution in [-0.2, 0) is 6.42 Å². The number of aryl methyl sites for hydroxylation is 1. The zero-order valence-electron chi connectivity index (χ0n) is 12.0.